The number of likely N-dealkylation sites (N-methyl/N-ethyl adjacent to an activating group) is 1. The van der Waals surface area contributed by atoms with Gasteiger partial charge in [0.2, 0.25) is 0 Å². The molecule has 0 saturated carbocycles. The number of nitrogens with zero attached hydrogens (tertiary/aromatic N) is 4. The van der Waals surface area contributed by atoms with Gasteiger partial charge in [-0.15, -0.1) is 11.3 Å². The van der Waals surface area contributed by atoms with E-state index in [4.69, 9.17) is 9.47 Å². The van der Waals surface area contributed by atoms with E-state index in [2.05, 4.69) is 44.3 Å². The van der Waals surface area contributed by atoms with Crippen molar-refractivity contribution in [2.75, 3.05) is 77.4 Å². The first-order valence-electron chi connectivity index (χ1n) is 12.7. The lowest BCUT2D eigenvalue weighted by molar-refractivity contribution is 0.0928. The number of thiazole rings is 1. The number of aromatic nitrogens is 1. The molecule has 0 bridgehead atoms. The molecule has 2 N–H and O–H groups in total. The number of hydrogen-bond acceptors (Lipinski definition) is 9. The number of benzene rings is 1. The number of carbonyl (C=O) groups excluding carboxylic acids is 2. The Morgan fingerprint density at radius 2 is 2.00 bits per heavy atom. The molecule has 0 aliphatic carbocycles. The minimum Gasteiger partial charge on any atom is -0.383 e. The van der Waals surface area contributed by atoms with Gasteiger partial charge in [-0.3, -0.25) is 14.5 Å². The summed E-state index contributed by atoms with van der Waals surface area (Å²) in [6.45, 7) is 8.39. The van der Waals surface area contributed by atoms with Crippen molar-refractivity contribution in [2.24, 2.45) is 0 Å². The number of hydrogen-bond donors (Lipinski definition) is 2. The Bertz CT molecular complexity index is 1080. The summed E-state index contributed by atoms with van der Waals surface area (Å²) in [6, 6.07) is 6.10. The van der Waals surface area contributed by atoms with Crippen LogP contribution in [0.4, 0.5) is 10.8 Å². The lowest BCUT2D eigenvalue weighted by Crippen LogP contribution is -2.49. The third kappa shape index (κ3) is 7.05. The zero-order valence-electron chi connectivity index (χ0n) is 22.2. The Balaban J connectivity index is 1.49. The zero-order valence-corrected chi connectivity index (χ0v) is 23.0. The van der Waals surface area contributed by atoms with E-state index in [0.717, 1.165) is 56.4 Å². The molecular weight excluding hydrogens is 492 g/mol. The Hall–Kier alpha value is -2.57. The minimum absolute atomic E-state index is 0.188. The van der Waals surface area contributed by atoms with Gasteiger partial charge in [0.1, 0.15) is 5.69 Å². The summed E-state index contributed by atoms with van der Waals surface area (Å²) in [5.74, 6) is -0.585. The van der Waals surface area contributed by atoms with Crippen LogP contribution in [0.15, 0.2) is 23.6 Å². The van der Waals surface area contributed by atoms with Crippen LogP contribution in [0.5, 0.6) is 0 Å². The van der Waals surface area contributed by atoms with Gasteiger partial charge in [-0.1, -0.05) is 6.07 Å². The number of methoxy groups -OCH3 is 2. The Morgan fingerprint density at radius 3 is 2.73 bits per heavy atom. The van der Waals surface area contributed by atoms with Crippen LogP contribution in [0.25, 0.3) is 0 Å². The molecule has 2 amide bonds. The van der Waals surface area contributed by atoms with Crippen LogP contribution in [0.1, 0.15) is 39.8 Å². The molecule has 10 nitrogen and oxygen atoms in total. The summed E-state index contributed by atoms with van der Waals surface area (Å²) in [7, 11) is 5.45. The molecule has 2 aliphatic rings. The molecule has 2 fully saturated rings. The lowest BCUT2D eigenvalue weighted by atomic mass is 10.1. The molecule has 3 heterocycles. The van der Waals surface area contributed by atoms with Crippen molar-refractivity contribution in [3.8, 4) is 0 Å². The minimum atomic E-state index is -0.337. The zero-order chi connectivity index (χ0) is 26.4. The molecule has 2 saturated heterocycles. The van der Waals surface area contributed by atoms with Gasteiger partial charge in [0.25, 0.3) is 11.8 Å². The molecule has 2 atom stereocenters. The number of carbonyl (C=O) groups is 2. The maximum absolute atomic E-state index is 13.1. The van der Waals surface area contributed by atoms with Gasteiger partial charge in [0.05, 0.1) is 24.0 Å². The van der Waals surface area contributed by atoms with E-state index in [-0.39, 0.29) is 17.9 Å². The quantitative estimate of drug-likeness (QED) is 0.451. The average molecular weight is 531 g/mol. The van der Waals surface area contributed by atoms with Crippen LogP contribution in [-0.4, -0.2) is 106 Å². The predicted octanol–water partition coefficient (Wildman–Crippen LogP) is 2.13. The Labute approximate surface area is 222 Å². The average Bonchev–Trinajstić information content (AvgIpc) is 3.56. The molecule has 1 aromatic heterocycles. The highest BCUT2D eigenvalue weighted by atomic mass is 32.1. The normalized spacial score (nSPS) is 20.8. The summed E-state index contributed by atoms with van der Waals surface area (Å²) in [4.78, 5) is 37.6. The maximum atomic E-state index is 13.1. The first kappa shape index (κ1) is 27.5. The maximum Gasteiger partial charge on any atom is 0.275 e. The van der Waals surface area contributed by atoms with Crippen molar-refractivity contribution in [1.82, 2.24) is 20.1 Å². The first-order valence-corrected chi connectivity index (χ1v) is 13.6. The number of nitrogens with one attached hydrogen (secondary N) is 2. The summed E-state index contributed by atoms with van der Waals surface area (Å²) in [5, 5.41) is 8.36. The Morgan fingerprint density at radius 1 is 1.16 bits per heavy atom. The van der Waals surface area contributed by atoms with Crippen molar-refractivity contribution in [3.05, 3.63) is 40.4 Å². The van der Waals surface area contributed by atoms with Gasteiger partial charge >= 0.3 is 0 Å². The van der Waals surface area contributed by atoms with Gasteiger partial charge in [-0.05, 0) is 38.1 Å². The van der Waals surface area contributed by atoms with Gasteiger partial charge in [-0.2, -0.15) is 0 Å². The van der Waals surface area contributed by atoms with E-state index in [0.29, 0.717) is 36.1 Å². The highest BCUT2D eigenvalue weighted by Crippen LogP contribution is 2.27. The number of anilines is 2. The fourth-order valence-electron chi connectivity index (χ4n) is 4.79. The molecule has 0 radical (unpaired) electrons. The molecule has 11 heteroatoms. The number of amides is 2. The molecule has 2 aliphatic heterocycles. The van der Waals surface area contributed by atoms with Crippen LogP contribution < -0.4 is 15.5 Å². The summed E-state index contributed by atoms with van der Waals surface area (Å²) in [6.07, 6.45) is 1.13. The number of ether oxygens (including phenoxy) is 2. The number of piperazine rings is 1. The smallest absolute Gasteiger partial charge is 0.275 e. The molecule has 37 heavy (non-hydrogen) atoms. The van der Waals surface area contributed by atoms with Crippen LogP contribution in [0.2, 0.25) is 0 Å². The highest BCUT2D eigenvalue weighted by molar-refractivity contribution is 7.14. The lowest BCUT2D eigenvalue weighted by Gasteiger charge is -2.38. The molecule has 0 unspecified atom stereocenters. The van der Waals surface area contributed by atoms with Crippen molar-refractivity contribution < 1.29 is 19.1 Å². The van der Waals surface area contributed by atoms with Crippen LogP contribution in [0, 0.1) is 0 Å². The molecule has 2 aromatic rings. The van der Waals surface area contributed by atoms with Crippen molar-refractivity contribution in [3.63, 3.8) is 0 Å². The SMILES string of the molecule is COCCNC(=O)c1cc(CN2CCN(C)C[C@@H]2C)ccc1NC(=O)c1csc(N2CC[C@H](OC)C2)n1. The van der Waals surface area contributed by atoms with E-state index in [1.165, 1.54) is 11.3 Å². The largest absolute Gasteiger partial charge is 0.383 e. The molecular formula is C26H38N6O4S. The van der Waals surface area contributed by atoms with Gasteiger partial charge in [0, 0.05) is 71.5 Å². The number of rotatable bonds is 10. The van der Waals surface area contributed by atoms with Gasteiger partial charge in [0.15, 0.2) is 5.13 Å². The van der Waals surface area contributed by atoms with Gasteiger partial charge in [-0.25, -0.2) is 4.98 Å². The fourth-order valence-corrected chi connectivity index (χ4v) is 5.63. The second kappa shape index (κ2) is 12.8. The van der Waals surface area contributed by atoms with Crippen LogP contribution in [0.3, 0.4) is 0 Å². The standard InChI is InChI=1S/C26H38N6O4S/c1-18-14-30(2)10-11-31(18)15-19-5-6-22(21(13-19)24(33)27-8-12-35-3)28-25(34)23-17-37-26(29-23)32-9-7-20(16-32)36-4/h5-6,13,17-18,20H,7-12,14-16H2,1-4H3,(H,27,33)(H,28,34)/t18-,20-/m0/s1. The molecule has 1 aromatic carbocycles. The van der Waals surface area contributed by atoms with E-state index in [9.17, 15) is 9.59 Å². The van der Waals surface area contributed by atoms with E-state index in [1.54, 1.807) is 19.6 Å². The van der Waals surface area contributed by atoms with E-state index in [1.807, 2.05) is 18.2 Å². The molecule has 202 valence electrons. The van der Waals surface area contributed by atoms with Crippen LogP contribution in [-0.2, 0) is 16.0 Å². The summed E-state index contributed by atoms with van der Waals surface area (Å²) >= 11 is 1.44. The topological polar surface area (TPSA) is 99.3 Å². The molecule has 4 rings (SSSR count). The Kier molecular flexibility index (Phi) is 9.49. The molecule has 0 spiro atoms. The van der Waals surface area contributed by atoms with Crippen molar-refractivity contribution in [1.29, 1.82) is 0 Å². The summed E-state index contributed by atoms with van der Waals surface area (Å²) < 4.78 is 10.5. The van der Waals surface area contributed by atoms with E-state index >= 15 is 0 Å². The van der Waals surface area contributed by atoms with Crippen LogP contribution >= 0.6 is 11.3 Å². The highest BCUT2D eigenvalue weighted by Gasteiger charge is 2.26. The van der Waals surface area contributed by atoms with Gasteiger partial charge < -0.3 is 29.9 Å². The third-order valence-corrected chi connectivity index (χ3v) is 7.90. The monoisotopic (exact) mass is 530 g/mol. The van der Waals surface area contributed by atoms with Crippen molar-refractivity contribution in [2.45, 2.75) is 32.0 Å². The third-order valence-electron chi connectivity index (χ3n) is 7.00. The summed E-state index contributed by atoms with van der Waals surface area (Å²) in [5.41, 5.74) is 2.26. The van der Waals surface area contributed by atoms with E-state index < -0.39 is 0 Å². The first-order chi connectivity index (χ1) is 17.9. The van der Waals surface area contributed by atoms with Crippen molar-refractivity contribution >= 4 is 34.0 Å². The fraction of sp³-hybridized carbons (Fsp3) is 0.577. The predicted molar refractivity (Wildman–Crippen MR) is 146 cm³/mol. The second-order valence-corrected chi connectivity index (χ2v) is 10.6. The second-order valence-electron chi connectivity index (χ2n) is 9.77.